The van der Waals surface area contributed by atoms with E-state index in [9.17, 15) is 4.79 Å². The molecule has 6 nitrogen and oxygen atoms in total. The van der Waals surface area contributed by atoms with Crippen molar-refractivity contribution in [3.05, 3.63) is 35.5 Å². The Balaban J connectivity index is 1.19. The maximum absolute atomic E-state index is 12.5. The molecule has 0 spiro atoms. The molecule has 2 fully saturated rings. The van der Waals surface area contributed by atoms with Gasteiger partial charge in [0.1, 0.15) is 0 Å². The fourth-order valence-electron chi connectivity index (χ4n) is 4.44. The van der Waals surface area contributed by atoms with Gasteiger partial charge in [-0.25, -0.2) is 4.79 Å². The Hall–Kier alpha value is -2.05. The van der Waals surface area contributed by atoms with Gasteiger partial charge in [0, 0.05) is 43.3 Å². The Kier molecular flexibility index (Phi) is 6.72. The average molecular weight is 400 g/mol. The lowest BCUT2D eigenvalue weighted by Crippen LogP contribution is -2.46. The number of nitrogens with zero attached hydrogens (tertiary/aromatic N) is 1. The fraction of sp³-hybridized carbons (Fsp3) is 0.609. The molecule has 6 heteroatoms. The van der Waals surface area contributed by atoms with Gasteiger partial charge in [-0.1, -0.05) is 25.1 Å². The van der Waals surface area contributed by atoms with Crippen LogP contribution in [0.2, 0.25) is 0 Å². The standard InChI is InChI=1S/C23H33N3O3/c1-2-17-5-3-7-21-18(15-25-22(17)21)8-11-24-23(27)26-12-9-19(10-13-26)29-16-20-6-4-14-28-20/h3,5,7,15,19-20,25H,2,4,6,8-14,16H2,1H3,(H,24,27). The second-order valence-corrected chi connectivity index (χ2v) is 8.14. The number of amides is 2. The summed E-state index contributed by atoms with van der Waals surface area (Å²) in [6.45, 7) is 5.90. The van der Waals surface area contributed by atoms with Crippen molar-refractivity contribution < 1.29 is 14.3 Å². The Bertz CT molecular complexity index is 805. The van der Waals surface area contributed by atoms with Gasteiger partial charge in [-0.2, -0.15) is 0 Å². The Morgan fingerprint density at radius 2 is 2.14 bits per heavy atom. The smallest absolute Gasteiger partial charge is 0.317 e. The van der Waals surface area contributed by atoms with Crippen LogP contribution in [0.3, 0.4) is 0 Å². The number of hydrogen-bond donors (Lipinski definition) is 2. The molecule has 2 N–H and O–H groups in total. The number of benzene rings is 1. The molecule has 158 valence electrons. The third kappa shape index (κ3) is 4.93. The molecule has 3 heterocycles. The maximum atomic E-state index is 12.5. The Morgan fingerprint density at radius 3 is 2.90 bits per heavy atom. The van der Waals surface area contributed by atoms with Crippen LogP contribution in [0.4, 0.5) is 4.79 Å². The van der Waals surface area contributed by atoms with Crippen LogP contribution in [-0.2, 0) is 22.3 Å². The number of aromatic amines is 1. The van der Waals surface area contributed by atoms with Gasteiger partial charge in [0.25, 0.3) is 0 Å². The number of para-hydroxylation sites is 1. The number of rotatable bonds is 7. The minimum atomic E-state index is 0.0386. The number of aromatic nitrogens is 1. The number of likely N-dealkylation sites (tertiary alicyclic amines) is 1. The van der Waals surface area contributed by atoms with Crippen molar-refractivity contribution in [1.29, 1.82) is 0 Å². The zero-order valence-electron chi connectivity index (χ0n) is 17.4. The highest BCUT2D eigenvalue weighted by Gasteiger charge is 2.25. The molecule has 29 heavy (non-hydrogen) atoms. The molecule has 0 aliphatic carbocycles. The van der Waals surface area contributed by atoms with E-state index in [-0.39, 0.29) is 18.2 Å². The van der Waals surface area contributed by atoms with Crippen LogP contribution < -0.4 is 5.32 Å². The summed E-state index contributed by atoms with van der Waals surface area (Å²) < 4.78 is 11.6. The van der Waals surface area contributed by atoms with Crippen LogP contribution >= 0.6 is 0 Å². The molecule has 2 aliphatic rings. The van der Waals surface area contributed by atoms with E-state index in [4.69, 9.17) is 9.47 Å². The van der Waals surface area contributed by atoms with Crippen molar-refractivity contribution in [1.82, 2.24) is 15.2 Å². The number of ether oxygens (including phenoxy) is 2. The van der Waals surface area contributed by atoms with Gasteiger partial charge in [0.2, 0.25) is 0 Å². The molecule has 0 bridgehead atoms. The van der Waals surface area contributed by atoms with E-state index in [2.05, 4.69) is 41.6 Å². The number of urea groups is 1. The summed E-state index contributed by atoms with van der Waals surface area (Å²) in [6.07, 6.45) is 8.51. The molecule has 1 unspecified atom stereocenters. The first-order chi connectivity index (χ1) is 14.2. The number of hydrogen-bond acceptors (Lipinski definition) is 3. The summed E-state index contributed by atoms with van der Waals surface area (Å²) in [4.78, 5) is 17.8. The summed E-state index contributed by atoms with van der Waals surface area (Å²) in [5.41, 5.74) is 3.82. The molecule has 1 atom stereocenters. The predicted octanol–water partition coefficient (Wildman–Crippen LogP) is 3.64. The van der Waals surface area contributed by atoms with E-state index in [1.54, 1.807) is 0 Å². The minimum absolute atomic E-state index is 0.0386. The Morgan fingerprint density at radius 1 is 1.28 bits per heavy atom. The van der Waals surface area contributed by atoms with Gasteiger partial charge in [-0.05, 0) is 49.7 Å². The molecule has 1 aromatic heterocycles. The second-order valence-electron chi connectivity index (χ2n) is 8.14. The molecule has 2 aromatic rings. The van der Waals surface area contributed by atoms with E-state index >= 15 is 0 Å². The second kappa shape index (κ2) is 9.63. The lowest BCUT2D eigenvalue weighted by atomic mass is 10.1. The summed E-state index contributed by atoms with van der Waals surface area (Å²) >= 11 is 0. The van der Waals surface area contributed by atoms with E-state index < -0.39 is 0 Å². The SMILES string of the molecule is CCc1cccc2c(CCNC(=O)N3CCC(OCC4CCCO4)CC3)c[nH]c12. The fourth-order valence-corrected chi connectivity index (χ4v) is 4.44. The van der Waals surface area contributed by atoms with Gasteiger partial charge in [-0.15, -0.1) is 0 Å². The van der Waals surface area contributed by atoms with Crippen LogP contribution in [0.25, 0.3) is 10.9 Å². The van der Waals surface area contributed by atoms with Crippen molar-refractivity contribution in [2.75, 3.05) is 32.8 Å². The maximum Gasteiger partial charge on any atom is 0.317 e. The van der Waals surface area contributed by atoms with E-state index in [1.165, 1.54) is 22.0 Å². The monoisotopic (exact) mass is 399 g/mol. The van der Waals surface area contributed by atoms with Crippen molar-refractivity contribution in [3.63, 3.8) is 0 Å². The molecule has 2 saturated heterocycles. The van der Waals surface area contributed by atoms with Gasteiger partial charge in [0.05, 0.1) is 18.8 Å². The highest BCUT2D eigenvalue weighted by Crippen LogP contribution is 2.22. The van der Waals surface area contributed by atoms with Crippen LogP contribution in [0.1, 0.15) is 43.7 Å². The number of piperidine rings is 1. The number of aryl methyl sites for hydroxylation is 1. The molecule has 4 rings (SSSR count). The normalized spacial score (nSPS) is 20.4. The lowest BCUT2D eigenvalue weighted by molar-refractivity contribution is -0.0381. The number of H-pyrrole nitrogens is 1. The van der Waals surface area contributed by atoms with E-state index in [0.717, 1.165) is 58.2 Å². The van der Waals surface area contributed by atoms with Crippen LogP contribution in [0.15, 0.2) is 24.4 Å². The quantitative estimate of drug-likeness (QED) is 0.747. The highest BCUT2D eigenvalue weighted by atomic mass is 16.5. The van der Waals surface area contributed by atoms with Gasteiger partial charge in [0.15, 0.2) is 0 Å². The minimum Gasteiger partial charge on any atom is -0.376 e. The zero-order valence-corrected chi connectivity index (χ0v) is 17.4. The number of fused-ring (bicyclic) bond motifs is 1. The van der Waals surface area contributed by atoms with Crippen molar-refractivity contribution >= 4 is 16.9 Å². The lowest BCUT2D eigenvalue weighted by Gasteiger charge is -2.32. The predicted molar refractivity (Wildman–Crippen MR) is 114 cm³/mol. The van der Waals surface area contributed by atoms with Crippen LogP contribution in [0.5, 0.6) is 0 Å². The zero-order chi connectivity index (χ0) is 20.1. The first-order valence-electron chi connectivity index (χ1n) is 11.1. The first kappa shape index (κ1) is 20.2. The van der Waals surface area contributed by atoms with Gasteiger partial charge < -0.3 is 24.7 Å². The molecular weight excluding hydrogens is 366 g/mol. The van der Waals surface area contributed by atoms with Gasteiger partial charge in [-0.3, -0.25) is 0 Å². The number of nitrogens with one attached hydrogen (secondary N) is 2. The highest BCUT2D eigenvalue weighted by molar-refractivity contribution is 5.86. The number of carbonyl (C=O) groups excluding carboxylic acids is 1. The third-order valence-corrected chi connectivity index (χ3v) is 6.21. The van der Waals surface area contributed by atoms with Crippen LogP contribution in [0, 0.1) is 0 Å². The molecule has 1 aromatic carbocycles. The van der Waals surface area contributed by atoms with E-state index in [1.807, 2.05) is 4.90 Å². The number of carbonyl (C=O) groups is 1. The molecule has 0 radical (unpaired) electrons. The summed E-state index contributed by atoms with van der Waals surface area (Å²) in [5.74, 6) is 0. The Labute approximate surface area is 172 Å². The summed E-state index contributed by atoms with van der Waals surface area (Å²) in [6, 6.07) is 6.47. The summed E-state index contributed by atoms with van der Waals surface area (Å²) in [5, 5.41) is 4.35. The van der Waals surface area contributed by atoms with E-state index in [0.29, 0.717) is 13.2 Å². The topological polar surface area (TPSA) is 66.6 Å². The largest absolute Gasteiger partial charge is 0.376 e. The molecule has 2 amide bonds. The molecular formula is C23H33N3O3. The van der Waals surface area contributed by atoms with Crippen LogP contribution in [-0.4, -0.2) is 61.0 Å². The average Bonchev–Trinajstić information content (AvgIpc) is 3.42. The van der Waals surface area contributed by atoms with Gasteiger partial charge >= 0.3 is 6.03 Å². The molecule has 2 aliphatic heterocycles. The van der Waals surface area contributed by atoms with Crippen molar-refractivity contribution in [3.8, 4) is 0 Å². The molecule has 0 saturated carbocycles. The van der Waals surface area contributed by atoms with Crippen molar-refractivity contribution in [2.24, 2.45) is 0 Å². The summed E-state index contributed by atoms with van der Waals surface area (Å²) in [7, 11) is 0. The van der Waals surface area contributed by atoms with Crippen molar-refractivity contribution in [2.45, 2.75) is 57.7 Å². The first-order valence-corrected chi connectivity index (χ1v) is 11.1. The third-order valence-electron chi connectivity index (χ3n) is 6.21.